The number of carbonyl (C=O) groups excluding carboxylic acids is 3. The molecule has 2 heterocycles. The number of amides is 2. The molecule has 0 spiro atoms. The van der Waals surface area contributed by atoms with Crippen molar-refractivity contribution in [2.45, 2.75) is 72.8 Å². The summed E-state index contributed by atoms with van der Waals surface area (Å²) in [7, 11) is 0. The van der Waals surface area contributed by atoms with Crippen molar-refractivity contribution in [2.75, 3.05) is 10.6 Å². The molecule has 0 aliphatic carbocycles. The van der Waals surface area contributed by atoms with Crippen molar-refractivity contribution in [3.8, 4) is 33.9 Å². The molecule has 2 amide bonds. The summed E-state index contributed by atoms with van der Waals surface area (Å²) < 4.78 is 10.8. The first-order valence-corrected chi connectivity index (χ1v) is 20.2. The zero-order chi connectivity index (χ0) is 42.9. The monoisotopic (exact) mass is 818 g/mol. The summed E-state index contributed by atoms with van der Waals surface area (Å²) in [4.78, 5) is 43.2. The highest BCUT2D eigenvalue weighted by atomic mass is 16.7. The number of hydrogen-bond donors (Lipinski definition) is 2. The molecule has 0 aliphatic rings. The van der Waals surface area contributed by atoms with E-state index in [1.807, 2.05) is 54.6 Å². The molecule has 0 saturated carbocycles. The number of rotatable bonds is 17. The number of nitrogens with one attached hydrogen (secondary N) is 2. The van der Waals surface area contributed by atoms with E-state index in [4.69, 9.17) is 9.47 Å². The smallest absolute Gasteiger partial charge is 0.341 e. The molecule has 0 aliphatic heterocycles. The fourth-order valence-corrected chi connectivity index (χ4v) is 6.65. The maximum atomic E-state index is 13.6. The minimum atomic E-state index is -0.819. The lowest BCUT2D eigenvalue weighted by molar-refractivity contribution is -0.0694. The molecule has 15 heteroatoms. The molecule has 61 heavy (non-hydrogen) atoms. The van der Waals surface area contributed by atoms with Gasteiger partial charge in [-0.1, -0.05) is 81.8 Å². The van der Waals surface area contributed by atoms with Gasteiger partial charge in [-0.2, -0.15) is 9.59 Å². The van der Waals surface area contributed by atoms with Crippen molar-refractivity contribution < 1.29 is 23.9 Å². The molecule has 15 nitrogen and oxygen atoms in total. The Labute approximate surface area is 352 Å². The average Bonchev–Trinajstić information content (AvgIpc) is 3.95. The molecule has 7 aromatic rings. The third-order valence-electron chi connectivity index (χ3n) is 9.74. The zero-order valence-electron chi connectivity index (χ0n) is 34.5. The van der Waals surface area contributed by atoms with Gasteiger partial charge in [0.1, 0.15) is 0 Å². The van der Waals surface area contributed by atoms with Gasteiger partial charge in [-0.3, -0.25) is 9.59 Å². The van der Waals surface area contributed by atoms with Crippen LogP contribution in [0.3, 0.4) is 0 Å². The van der Waals surface area contributed by atoms with E-state index in [-0.39, 0.29) is 11.8 Å². The van der Waals surface area contributed by atoms with E-state index < -0.39 is 12.3 Å². The van der Waals surface area contributed by atoms with E-state index in [9.17, 15) is 14.4 Å². The first kappa shape index (κ1) is 41.6. The number of esters is 1. The van der Waals surface area contributed by atoms with Gasteiger partial charge in [-0.05, 0) is 107 Å². The number of fused-ring (bicyclic) bond motifs is 1. The number of allylic oxidation sites excluding steroid dienone is 1. The average molecular weight is 819 g/mol. The first-order valence-electron chi connectivity index (χ1n) is 20.2. The number of unbranched alkanes of at least 4 members (excludes halogenated alkanes) is 2. The fourth-order valence-electron chi connectivity index (χ4n) is 6.65. The molecule has 2 aromatic heterocycles. The summed E-state index contributed by atoms with van der Waals surface area (Å²) in [5.41, 5.74) is 5.36. The number of hydrogen-bond acceptors (Lipinski definition) is 11. The normalized spacial score (nSPS) is 11.5. The van der Waals surface area contributed by atoms with Crippen LogP contribution in [0.15, 0.2) is 115 Å². The SMILES string of the molecule is C=C(C)OC(C)OC(=O)c1ccc(C(=O)Nc2ccc(-c3ccc(NC(=O)c4ccc(-c5nnn(CCCC)n5)c(-c5nnn(CCCC)n5)c4)cc3)cc2)c2ccccc12. The van der Waals surface area contributed by atoms with E-state index in [2.05, 4.69) is 61.9 Å². The number of anilines is 2. The summed E-state index contributed by atoms with van der Waals surface area (Å²) in [5.74, 6) is -0.0118. The van der Waals surface area contributed by atoms with Crippen molar-refractivity contribution >= 4 is 39.9 Å². The molecule has 0 bridgehead atoms. The Bertz CT molecular complexity index is 2690. The Morgan fingerprint density at radius 1 is 0.656 bits per heavy atom. The zero-order valence-corrected chi connectivity index (χ0v) is 34.5. The molecule has 0 fully saturated rings. The summed E-state index contributed by atoms with van der Waals surface area (Å²) >= 11 is 0. The van der Waals surface area contributed by atoms with Crippen LogP contribution >= 0.6 is 0 Å². The van der Waals surface area contributed by atoms with Crippen LogP contribution in [0.4, 0.5) is 11.4 Å². The van der Waals surface area contributed by atoms with Crippen LogP contribution in [0.1, 0.15) is 84.5 Å². The first-order chi connectivity index (χ1) is 29.6. The molecular formula is C46H46N10O5. The number of benzene rings is 5. The van der Waals surface area contributed by atoms with Gasteiger partial charge in [0.2, 0.25) is 17.9 Å². The van der Waals surface area contributed by atoms with Crippen LogP contribution in [0.5, 0.6) is 0 Å². The van der Waals surface area contributed by atoms with E-state index in [1.54, 1.807) is 72.0 Å². The van der Waals surface area contributed by atoms with E-state index in [1.165, 1.54) is 0 Å². The van der Waals surface area contributed by atoms with Crippen molar-refractivity contribution in [1.82, 2.24) is 40.4 Å². The van der Waals surface area contributed by atoms with Gasteiger partial charge in [-0.25, -0.2) is 4.79 Å². The van der Waals surface area contributed by atoms with Gasteiger partial charge in [-0.15, -0.1) is 20.4 Å². The summed E-state index contributed by atoms with van der Waals surface area (Å²) in [5, 5.41) is 33.3. The minimum Gasteiger partial charge on any atom is -0.460 e. The van der Waals surface area contributed by atoms with Gasteiger partial charge >= 0.3 is 5.97 Å². The van der Waals surface area contributed by atoms with Gasteiger partial charge in [0.25, 0.3) is 11.8 Å². The van der Waals surface area contributed by atoms with Gasteiger partial charge in [0, 0.05) is 40.6 Å². The Hall–Kier alpha value is -7.55. The quantitative estimate of drug-likeness (QED) is 0.0509. The second kappa shape index (κ2) is 19.0. The van der Waals surface area contributed by atoms with Crippen molar-refractivity contribution in [3.05, 3.63) is 132 Å². The third-order valence-corrected chi connectivity index (χ3v) is 9.74. The second-order valence-corrected chi connectivity index (χ2v) is 14.4. The minimum absolute atomic E-state index is 0.316. The van der Waals surface area contributed by atoms with Crippen molar-refractivity contribution in [2.24, 2.45) is 0 Å². The Balaban J connectivity index is 1.02. The third kappa shape index (κ3) is 10.0. The van der Waals surface area contributed by atoms with Crippen LogP contribution in [0, 0.1) is 0 Å². The molecule has 1 atom stereocenters. The predicted octanol–water partition coefficient (Wildman–Crippen LogP) is 8.97. The number of ether oxygens (including phenoxy) is 2. The van der Waals surface area contributed by atoms with E-state index in [0.29, 0.717) is 80.5 Å². The number of tetrazole rings is 2. The van der Waals surface area contributed by atoms with Crippen LogP contribution in [-0.2, 0) is 22.6 Å². The maximum Gasteiger partial charge on any atom is 0.341 e. The number of carbonyl (C=O) groups is 3. The molecule has 7 rings (SSSR count). The van der Waals surface area contributed by atoms with Crippen LogP contribution < -0.4 is 10.6 Å². The molecule has 0 saturated heterocycles. The number of aryl methyl sites for hydroxylation is 2. The number of aromatic nitrogens is 8. The van der Waals surface area contributed by atoms with Crippen LogP contribution in [-0.4, -0.2) is 64.5 Å². The molecule has 2 N–H and O–H groups in total. The van der Waals surface area contributed by atoms with Crippen LogP contribution in [0.25, 0.3) is 44.7 Å². The molecule has 0 radical (unpaired) electrons. The highest BCUT2D eigenvalue weighted by molar-refractivity contribution is 6.16. The maximum absolute atomic E-state index is 13.6. The van der Waals surface area contributed by atoms with Gasteiger partial charge in [0.05, 0.1) is 24.4 Å². The molecule has 310 valence electrons. The Morgan fingerprint density at radius 2 is 1.18 bits per heavy atom. The lowest BCUT2D eigenvalue weighted by atomic mass is 9.99. The highest BCUT2D eigenvalue weighted by Gasteiger charge is 2.21. The van der Waals surface area contributed by atoms with E-state index in [0.717, 1.165) is 36.8 Å². The molecule has 5 aromatic carbocycles. The van der Waals surface area contributed by atoms with Crippen molar-refractivity contribution in [1.29, 1.82) is 0 Å². The Kier molecular flexibility index (Phi) is 13.0. The standard InChI is InChI=1S/C46H46N10O5/c1-6-8-26-55-51-42(49-53-55)38-23-18-33(28-41(38)43-50-54-56(52-43)27-9-7-2)44(57)47-34-19-14-31(15-20-34)32-16-21-35(22-17-32)48-45(58)39-24-25-40(37-13-11-10-12-36(37)39)46(59)61-30(5)60-29(3)4/h10-25,28,30H,3,6-9,26-27H2,1-2,4-5H3,(H,47,57)(H,48,58). The van der Waals surface area contributed by atoms with Gasteiger partial charge in [0.15, 0.2) is 0 Å². The molecular weight excluding hydrogens is 773 g/mol. The fraction of sp³-hybridized carbons (Fsp3) is 0.239. The summed E-state index contributed by atoms with van der Waals surface area (Å²) in [6, 6.07) is 30.5. The van der Waals surface area contributed by atoms with E-state index >= 15 is 0 Å². The predicted molar refractivity (Wildman–Crippen MR) is 232 cm³/mol. The Morgan fingerprint density at radius 3 is 1.74 bits per heavy atom. The topological polar surface area (TPSA) is 181 Å². The van der Waals surface area contributed by atoms with Crippen LogP contribution in [0.2, 0.25) is 0 Å². The number of nitrogens with zero attached hydrogens (tertiary/aromatic N) is 8. The highest BCUT2D eigenvalue weighted by Crippen LogP contribution is 2.30. The van der Waals surface area contributed by atoms with Gasteiger partial charge < -0.3 is 20.1 Å². The largest absolute Gasteiger partial charge is 0.460 e. The second-order valence-electron chi connectivity index (χ2n) is 14.4. The molecule has 1 unspecified atom stereocenters. The van der Waals surface area contributed by atoms with Crippen molar-refractivity contribution in [3.63, 3.8) is 0 Å². The summed E-state index contributed by atoms with van der Waals surface area (Å²) in [6.07, 6.45) is 3.00. The lowest BCUT2D eigenvalue weighted by Crippen LogP contribution is -2.18. The summed E-state index contributed by atoms with van der Waals surface area (Å²) in [6.45, 7) is 12.4. The lowest BCUT2D eigenvalue weighted by Gasteiger charge is -2.16.